The van der Waals surface area contributed by atoms with Crippen LogP contribution >= 0.6 is 0 Å². The van der Waals surface area contributed by atoms with Gasteiger partial charge in [0.1, 0.15) is 0 Å². The van der Waals surface area contributed by atoms with Crippen molar-refractivity contribution < 1.29 is 30.0 Å². The number of ketones is 1. The van der Waals surface area contributed by atoms with Crippen molar-refractivity contribution in [3.8, 4) is 11.3 Å². The number of rotatable bonds is 2. The third kappa shape index (κ3) is 6.21. The standard InChI is InChI=1S/C17H14N.C5H8O2.Ir/c1-12-6-5-7-14(10-12)17-11-13(2)15-8-3-4-9-16(15)18-17;1-4(6)3-5(2)7;/h3-6,8-11H,1-2H3;3,6H,1-2H3;/q-1;;/b;4-3-;. The number of hydrogen-bond donors (Lipinski definition) is 1. The van der Waals surface area contributed by atoms with E-state index in [0.29, 0.717) is 0 Å². The largest absolute Gasteiger partial charge is 0.512 e. The molecule has 1 radical (unpaired) electrons. The molecule has 0 aliphatic carbocycles. The van der Waals surface area contributed by atoms with Gasteiger partial charge in [-0.3, -0.25) is 9.78 Å². The average Bonchev–Trinajstić information content (AvgIpc) is 2.54. The van der Waals surface area contributed by atoms with Gasteiger partial charge in [-0.1, -0.05) is 31.2 Å². The molecule has 0 saturated heterocycles. The van der Waals surface area contributed by atoms with Crippen molar-refractivity contribution in [1.82, 2.24) is 4.98 Å². The Morgan fingerprint density at radius 2 is 1.81 bits per heavy atom. The summed E-state index contributed by atoms with van der Waals surface area (Å²) < 4.78 is 0. The maximum atomic E-state index is 10.0. The van der Waals surface area contributed by atoms with Crippen molar-refractivity contribution in [2.75, 3.05) is 0 Å². The predicted molar refractivity (Wildman–Crippen MR) is 103 cm³/mol. The average molecular weight is 525 g/mol. The molecule has 0 aliphatic heterocycles. The first-order valence-corrected chi connectivity index (χ1v) is 8.10. The smallest absolute Gasteiger partial charge is 0.155 e. The third-order valence-electron chi connectivity index (χ3n) is 3.57. The Balaban J connectivity index is 0.000000366. The summed E-state index contributed by atoms with van der Waals surface area (Å²) in [5.74, 6) is -0.0625. The molecular formula is C22H22IrNO2-. The van der Waals surface area contributed by atoms with Crippen LogP contribution in [0.1, 0.15) is 25.0 Å². The summed E-state index contributed by atoms with van der Waals surface area (Å²) in [4.78, 5) is 14.7. The second-order valence-corrected chi connectivity index (χ2v) is 6.02. The molecule has 0 saturated carbocycles. The van der Waals surface area contributed by atoms with Gasteiger partial charge in [0.2, 0.25) is 0 Å². The fraction of sp³-hybridized carbons (Fsp3) is 0.182. The van der Waals surface area contributed by atoms with Crippen LogP contribution < -0.4 is 0 Å². The SMILES string of the molecule is CC(=O)/C=C(/C)O.Cc1cc[c-]c(-c2cc(C)c3ccccc3n2)c1.[Ir]. The quantitative estimate of drug-likeness (QED) is 0.279. The molecule has 0 aliphatic rings. The van der Waals surface area contributed by atoms with E-state index in [4.69, 9.17) is 10.1 Å². The van der Waals surface area contributed by atoms with Crippen LogP contribution in [0.4, 0.5) is 0 Å². The first kappa shape index (κ1) is 21.8. The topological polar surface area (TPSA) is 50.2 Å². The van der Waals surface area contributed by atoms with Crippen molar-refractivity contribution >= 4 is 16.7 Å². The Kier molecular flexibility index (Phi) is 8.37. The number of pyridine rings is 1. The number of para-hydroxylation sites is 1. The van der Waals surface area contributed by atoms with Crippen LogP contribution in [0.2, 0.25) is 0 Å². The van der Waals surface area contributed by atoms with Crippen molar-refractivity contribution in [1.29, 1.82) is 0 Å². The Labute approximate surface area is 168 Å². The number of carbonyl (C=O) groups excluding carboxylic acids is 1. The number of allylic oxidation sites excluding steroid dienone is 2. The van der Waals surface area contributed by atoms with Gasteiger partial charge in [-0.2, -0.15) is 0 Å². The summed E-state index contributed by atoms with van der Waals surface area (Å²) in [5.41, 5.74) is 5.59. The van der Waals surface area contributed by atoms with E-state index in [1.54, 1.807) is 0 Å². The zero-order chi connectivity index (χ0) is 18.4. The monoisotopic (exact) mass is 525 g/mol. The van der Waals surface area contributed by atoms with E-state index in [2.05, 4.69) is 56.3 Å². The maximum absolute atomic E-state index is 10.0. The van der Waals surface area contributed by atoms with E-state index in [-0.39, 0.29) is 31.6 Å². The fourth-order valence-electron chi connectivity index (χ4n) is 2.51. The van der Waals surface area contributed by atoms with Crippen LogP contribution in [0.3, 0.4) is 0 Å². The number of hydrogen-bond acceptors (Lipinski definition) is 3. The minimum absolute atomic E-state index is 0. The Morgan fingerprint density at radius 1 is 1.12 bits per heavy atom. The molecule has 2 aromatic carbocycles. The second kappa shape index (κ2) is 10.0. The zero-order valence-electron chi connectivity index (χ0n) is 15.3. The van der Waals surface area contributed by atoms with Gasteiger partial charge in [0.15, 0.2) is 5.78 Å². The zero-order valence-corrected chi connectivity index (χ0v) is 17.7. The number of aliphatic hydroxyl groups is 1. The van der Waals surface area contributed by atoms with Crippen molar-refractivity contribution in [3.63, 3.8) is 0 Å². The first-order valence-electron chi connectivity index (χ1n) is 8.10. The molecule has 0 atom stereocenters. The van der Waals surface area contributed by atoms with Gasteiger partial charge in [0, 0.05) is 31.6 Å². The van der Waals surface area contributed by atoms with E-state index in [0.717, 1.165) is 16.8 Å². The minimum atomic E-state index is -0.125. The van der Waals surface area contributed by atoms with Gasteiger partial charge in [-0.05, 0) is 38.1 Å². The molecule has 0 unspecified atom stereocenters. The molecule has 4 heteroatoms. The summed E-state index contributed by atoms with van der Waals surface area (Å²) in [6.45, 7) is 7.07. The molecular weight excluding hydrogens is 502 g/mol. The van der Waals surface area contributed by atoms with Crippen LogP contribution in [0.15, 0.2) is 60.4 Å². The number of aliphatic hydroxyl groups excluding tert-OH is 1. The van der Waals surface area contributed by atoms with Gasteiger partial charge >= 0.3 is 0 Å². The first-order chi connectivity index (χ1) is 11.9. The molecule has 0 amide bonds. The number of aryl methyl sites for hydroxylation is 2. The van der Waals surface area contributed by atoms with Gasteiger partial charge in [0.25, 0.3) is 0 Å². The van der Waals surface area contributed by atoms with Crippen LogP contribution in [-0.4, -0.2) is 15.9 Å². The van der Waals surface area contributed by atoms with Crippen LogP contribution in [0.5, 0.6) is 0 Å². The van der Waals surface area contributed by atoms with E-state index in [9.17, 15) is 4.79 Å². The van der Waals surface area contributed by atoms with Crippen LogP contribution in [0, 0.1) is 19.9 Å². The molecule has 0 bridgehead atoms. The molecule has 26 heavy (non-hydrogen) atoms. The van der Waals surface area contributed by atoms with Gasteiger partial charge in [-0.15, -0.1) is 35.4 Å². The van der Waals surface area contributed by atoms with E-state index < -0.39 is 0 Å². The summed E-state index contributed by atoms with van der Waals surface area (Å²) >= 11 is 0. The van der Waals surface area contributed by atoms with E-state index in [1.807, 2.05) is 12.1 Å². The Morgan fingerprint density at radius 3 is 2.38 bits per heavy atom. The fourth-order valence-corrected chi connectivity index (χ4v) is 2.51. The Hall–Kier alpha value is -2.29. The molecule has 137 valence electrons. The van der Waals surface area contributed by atoms with Gasteiger partial charge < -0.3 is 5.11 Å². The van der Waals surface area contributed by atoms with E-state index >= 15 is 0 Å². The molecule has 1 aromatic heterocycles. The van der Waals surface area contributed by atoms with Crippen molar-refractivity contribution in [2.45, 2.75) is 27.7 Å². The summed E-state index contributed by atoms with van der Waals surface area (Å²) in [7, 11) is 0. The second-order valence-electron chi connectivity index (χ2n) is 6.02. The van der Waals surface area contributed by atoms with Crippen LogP contribution in [0.25, 0.3) is 22.2 Å². The van der Waals surface area contributed by atoms with Crippen molar-refractivity contribution in [3.05, 3.63) is 77.6 Å². The summed E-state index contributed by atoms with van der Waals surface area (Å²) in [6.07, 6.45) is 1.17. The number of fused-ring (bicyclic) bond motifs is 1. The molecule has 3 rings (SSSR count). The molecule has 3 aromatic rings. The molecule has 1 heterocycles. The van der Waals surface area contributed by atoms with Gasteiger partial charge in [-0.25, -0.2) is 0 Å². The third-order valence-corrected chi connectivity index (χ3v) is 3.57. The molecule has 0 spiro atoms. The maximum Gasteiger partial charge on any atom is 0.155 e. The minimum Gasteiger partial charge on any atom is -0.512 e. The van der Waals surface area contributed by atoms with Gasteiger partial charge in [0.05, 0.1) is 11.3 Å². The summed E-state index contributed by atoms with van der Waals surface area (Å²) in [5, 5.41) is 9.58. The van der Waals surface area contributed by atoms with Crippen molar-refractivity contribution in [2.24, 2.45) is 0 Å². The molecule has 1 N–H and O–H groups in total. The predicted octanol–water partition coefficient (Wildman–Crippen LogP) is 5.35. The number of aromatic nitrogens is 1. The molecule has 3 nitrogen and oxygen atoms in total. The number of benzene rings is 2. The molecule has 0 fully saturated rings. The Bertz CT molecular complexity index is 928. The van der Waals surface area contributed by atoms with E-state index in [1.165, 1.54) is 36.4 Å². The normalized spacial score (nSPS) is 10.5. The van der Waals surface area contributed by atoms with Crippen LogP contribution in [-0.2, 0) is 24.9 Å². The number of nitrogens with zero attached hydrogens (tertiary/aromatic N) is 1. The number of carbonyl (C=O) groups is 1. The summed E-state index contributed by atoms with van der Waals surface area (Å²) in [6, 6.07) is 19.8.